The molecule has 0 aromatic heterocycles. The molecule has 3 fully saturated rings. The Balaban J connectivity index is 1.43. The number of benzene rings is 1. The fourth-order valence-electron chi connectivity index (χ4n) is 4.73. The largest absolute Gasteiger partial charge is 0.497 e. The molecule has 1 aliphatic carbocycles. The van der Waals surface area contributed by atoms with Crippen LogP contribution in [0.5, 0.6) is 5.75 Å². The number of methoxy groups -OCH3 is 1. The second-order valence-corrected chi connectivity index (χ2v) is 11.9. The lowest BCUT2D eigenvalue weighted by Crippen LogP contribution is -2.39. The average Bonchev–Trinajstić information content (AvgIpc) is 3.40. The number of carbonyl (C=O) groups excluding carboxylic acids is 1. The number of aliphatic imine (C=N–C) groups is 1. The van der Waals surface area contributed by atoms with Gasteiger partial charge >= 0.3 is 0 Å². The Bertz CT molecular complexity index is 892. The summed E-state index contributed by atoms with van der Waals surface area (Å²) in [5, 5.41) is 0.692. The zero-order valence-corrected chi connectivity index (χ0v) is 19.1. The van der Waals surface area contributed by atoms with Crippen molar-refractivity contribution >= 4 is 32.7 Å². The Kier molecular flexibility index (Phi) is 6.72. The zero-order valence-electron chi connectivity index (χ0n) is 17.5. The Morgan fingerprint density at radius 1 is 1.20 bits per heavy atom. The Morgan fingerprint density at radius 3 is 2.63 bits per heavy atom. The normalized spacial score (nSPS) is 27.0. The summed E-state index contributed by atoms with van der Waals surface area (Å²) in [4.78, 5) is 19.0. The first-order chi connectivity index (χ1) is 14.4. The quantitative estimate of drug-likeness (QED) is 0.634. The molecular weight excluding hydrogens is 420 g/mol. The Labute approximate surface area is 183 Å². The van der Waals surface area contributed by atoms with Gasteiger partial charge in [0.1, 0.15) is 5.75 Å². The number of carbonyl (C=O) groups is 1. The third-order valence-corrected chi connectivity index (χ3v) is 9.68. The number of nitrogens with zero attached hydrogens (tertiary/aromatic N) is 2. The topological polar surface area (TPSA) is 76.0 Å². The second kappa shape index (κ2) is 9.30. The Hall–Kier alpha value is -1.54. The average molecular weight is 451 g/mol. The lowest BCUT2D eigenvalue weighted by Gasteiger charge is -2.24. The van der Waals surface area contributed by atoms with Gasteiger partial charge in [-0.1, -0.05) is 49.6 Å². The van der Waals surface area contributed by atoms with Gasteiger partial charge in [-0.15, -0.1) is 0 Å². The summed E-state index contributed by atoms with van der Waals surface area (Å²) >= 11 is 1.48. The molecule has 2 atom stereocenters. The summed E-state index contributed by atoms with van der Waals surface area (Å²) < 4.78 is 29.5. The molecule has 30 heavy (non-hydrogen) atoms. The molecule has 4 rings (SSSR count). The number of sulfone groups is 1. The van der Waals surface area contributed by atoms with Crippen LogP contribution in [0.15, 0.2) is 29.3 Å². The van der Waals surface area contributed by atoms with Crippen molar-refractivity contribution in [2.24, 2.45) is 10.9 Å². The smallest absolute Gasteiger partial charge is 0.248 e. The van der Waals surface area contributed by atoms with Crippen LogP contribution in [0.25, 0.3) is 0 Å². The number of ether oxygens (including phenoxy) is 1. The molecule has 0 bridgehead atoms. The molecule has 3 aliphatic rings. The van der Waals surface area contributed by atoms with Crippen molar-refractivity contribution in [1.29, 1.82) is 0 Å². The van der Waals surface area contributed by atoms with Gasteiger partial charge in [0.25, 0.3) is 0 Å². The highest BCUT2D eigenvalue weighted by Gasteiger charge is 2.48. The van der Waals surface area contributed by atoms with Crippen LogP contribution in [0.3, 0.4) is 0 Å². The van der Waals surface area contributed by atoms with E-state index in [1.807, 2.05) is 24.3 Å². The fraction of sp³-hybridized carbons (Fsp3) is 0.636. The molecule has 8 heteroatoms. The summed E-state index contributed by atoms with van der Waals surface area (Å²) in [5.41, 5.74) is 1.15. The van der Waals surface area contributed by atoms with Crippen molar-refractivity contribution in [3.8, 4) is 5.75 Å². The van der Waals surface area contributed by atoms with Gasteiger partial charge < -0.3 is 9.64 Å². The van der Waals surface area contributed by atoms with Gasteiger partial charge in [0, 0.05) is 18.2 Å². The van der Waals surface area contributed by atoms with Crippen LogP contribution in [-0.4, -0.2) is 60.8 Å². The maximum atomic E-state index is 12.5. The molecule has 1 amide bonds. The maximum Gasteiger partial charge on any atom is 0.248 e. The van der Waals surface area contributed by atoms with Crippen molar-refractivity contribution in [3.05, 3.63) is 29.8 Å². The third-order valence-electron chi connectivity index (χ3n) is 6.44. The van der Waals surface area contributed by atoms with Gasteiger partial charge in [-0.2, -0.15) is 4.99 Å². The molecule has 1 saturated carbocycles. The monoisotopic (exact) mass is 450 g/mol. The van der Waals surface area contributed by atoms with E-state index in [0.29, 0.717) is 24.1 Å². The van der Waals surface area contributed by atoms with Crippen LogP contribution in [0.1, 0.15) is 44.1 Å². The molecular formula is C22H30N2O4S2. The number of hydrogen-bond donors (Lipinski definition) is 0. The van der Waals surface area contributed by atoms with E-state index in [1.54, 1.807) is 7.11 Å². The minimum atomic E-state index is -3.02. The van der Waals surface area contributed by atoms with E-state index >= 15 is 0 Å². The summed E-state index contributed by atoms with van der Waals surface area (Å²) in [7, 11) is -1.38. The molecule has 164 valence electrons. The Morgan fingerprint density at radius 2 is 1.93 bits per heavy atom. The van der Waals surface area contributed by atoms with E-state index < -0.39 is 9.84 Å². The first kappa shape index (κ1) is 21.7. The van der Waals surface area contributed by atoms with Crippen molar-refractivity contribution in [3.63, 3.8) is 0 Å². The van der Waals surface area contributed by atoms with Crippen molar-refractivity contribution in [1.82, 2.24) is 4.90 Å². The molecule has 0 N–H and O–H groups in total. The second-order valence-electron chi connectivity index (χ2n) is 8.57. The number of fused-ring (bicyclic) bond motifs is 1. The van der Waals surface area contributed by atoms with E-state index in [-0.39, 0.29) is 28.7 Å². The van der Waals surface area contributed by atoms with E-state index in [4.69, 9.17) is 4.74 Å². The number of rotatable bonds is 7. The molecule has 0 radical (unpaired) electrons. The molecule has 6 nitrogen and oxygen atoms in total. The van der Waals surface area contributed by atoms with Crippen molar-refractivity contribution in [2.45, 2.75) is 56.2 Å². The van der Waals surface area contributed by atoms with E-state index in [0.717, 1.165) is 24.2 Å². The lowest BCUT2D eigenvalue weighted by molar-refractivity contribution is -0.118. The van der Waals surface area contributed by atoms with E-state index in [9.17, 15) is 13.2 Å². The highest BCUT2D eigenvalue weighted by Crippen LogP contribution is 2.38. The van der Waals surface area contributed by atoms with Crippen LogP contribution in [0, 0.1) is 5.92 Å². The van der Waals surface area contributed by atoms with Gasteiger partial charge in [-0.3, -0.25) is 4.79 Å². The van der Waals surface area contributed by atoms with Gasteiger partial charge in [0.15, 0.2) is 15.0 Å². The van der Waals surface area contributed by atoms with Crippen LogP contribution in [0.2, 0.25) is 0 Å². The van der Waals surface area contributed by atoms with Gasteiger partial charge in [-0.25, -0.2) is 8.42 Å². The SMILES string of the molecule is COc1ccc(CCN2C(=NC(=O)CCC3CCCC3)S[C@@H]3CS(=O)(=O)C[C@@H]32)cc1. The zero-order chi connectivity index (χ0) is 21.1. The molecule has 2 saturated heterocycles. The number of thioether (sulfide) groups is 1. The predicted molar refractivity (Wildman–Crippen MR) is 121 cm³/mol. The molecule has 2 aliphatic heterocycles. The fourth-order valence-corrected chi connectivity index (χ4v) is 8.72. The number of amidine groups is 1. The van der Waals surface area contributed by atoms with Gasteiger partial charge in [-0.05, 0) is 36.5 Å². The standard InChI is InChI=1S/C22H30N2O4S2/c1-28-18-9-6-17(7-10-18)12-13-24-19-14-30(26,27)15-20(19)29-22(24)23-21(25)11-8-16-4-2-3-5-16/h6-7,9-10,16,19-20H,2-5,8,11-15H2,1H3/t19-,20+/m0/s1. The van der Waals surface area contributed by atoms with Gasteiger partial charge in [0.05, 0.1) is 24.7 Å². The van der Waals surface area contributed by atoms with E-state index in [2.05, 4.69) is 9.89 Å². The number of amides is 1. The highest BCUT2D eigenvalue weighted by atomic mass is 32.2. The minimum Gasteiger partial charge on any atom is -0.497 e. The van der Waals surface area contributed by atoms with Crippen molar-refractivity contribution in [2.75, 3.05) is 25.2 Å². The minimum absolute atomic E-state index is 0.0211. The first-order valence-corrected chi connectivity index (χ1v) is 13.5. The highest BCUT2D eigenvalue weighted by molar-refractivity contribution is 8.15. The van der Waals surface area contributed by atoms with Gasteiger partial charge in [0.2, 0.25) is 5.91 Å². The number of hydrogen-bond acceptors (Lipinski definition) is 5. The van der Waals surface area contributed by atoms with Crippen LogP contribution in [-0.2, 0) is 21.1 Å². The van der Waals surface area contributed by atoms with Crippen LogP contribution >= 0.6 is 11.8 Å². The first-order valence-electron chi connectivity index (χ1n) is 10.8. The molecule has 0 unspecified atom stereocenters. The summed E-state index contributed by atoms with van der Waals surface area (Å²) in [5.74, 6) is 1.74. The maximum absolute atomic E-state index is 12.5. The van der Waals surface area contributed by atoms with Crippen LogP contribution < -0.4 is 4.74 Å². The lowest BCUT2D eigenvalue weighted by atomic mass is 10.0. The molecule has 1 aromatic carbocycles. The summed E-state index contributed by atoms with van der Waals surface area (Å²) in [6.07, 6.45) is 7.20. The predicted octanol–water partition coefficient (Wildman–Crippen LogP) is 3.31. The van der Waals surface area contributed by atoms with Crippen molar-refractivity contribution < 1.29 is 17.9 Å². The molecule has 2 heterocycles. The van der Waals surface area contributed by atoms with Crippen LogP contribution in [0.4, 0.5) is 0 Å². The third kappa shape index (κ3) is 5.19. The summed E-state index contributed by atoms with van der Waals surface area (Å²) in [6.45, 7) is 0.657. The molecule has 1 aromatic rings. The van der Waals surface area contributed by atoms with E-state index in [1.165, 1.54) is 37.4 Å². The molecule has 0 spiro atoms. The summed E-state index contributed by atoms with van der Waals surface area (Å²) in [6, 6.07) is 7.82.